The summed E-state index contributed by atoms with van der Waals surface area (Å²) in [5, 5.41) is 14.6. The molecule has 160 valence electrons. The lowest BCUT2D eigenvalue weighted by Crippen LogP contribution is -2.31. The van der Waals surface area contributed by atoms with Gasteiger partial charge in [0.2, 0.25) is 0 Å². The molecule has 9 nitrogen and oxygen atoms in total. The molecule has 30 heavy (non-hydrogen) atoms. The van der Waals surface area contributed by atoms with Gasteiger partial charge in [0.1, 0.15) is 23.9 Å². The second kappa shape index (κ2) is 8.31. The first-order valence-electron chi connectivity index (χ1n) is 9.81. The van der Waals surface area contributed by atoms with E-state index in [1.807, 2.05) is 35.0 Å². The minimum absolute atomic E-state index is 0.0606. The molecule has 0 aliphatic heterocycles. The molecule has 0 bridgehead atoms. The van der Waals surface area contributed by atoms with Crippen molar-refractivity contribution in [2.75, 3.05) is 12.4 Å². The number of hydrogen-bond acceptors (Lipinski definition) is 7. The third kappa shape index (κ3) is 4.17. The molecule has 1 aliphatic rings. The van der Waals surface area contributed by atoms with E-state index in [0.717, 1.165) is 22.4 Å². The van der Waals surface area contributed by atoms with Gasteiger partial charge in [-0.1, -0.05) is 30.3 Å². The Balaban J connectivity index is 1.56. The highest BCUT2D eigenvalue weighted by molar-refractivity contribution is 7.84. The topological polar surface area (TPSA) is 118 Å². The molecule has 0 spiro atoms. The van der Waals surface area contributed by atoms with Gasteiger partial charge in [-0.25, -0.2) is 9.97 Å². The summed E-state index contributed by atoms with van der Waals surface area (Å²) in [5.41, 5.74) is 1.87. The third-order valence-electron chi connectivity index (χ3n) is 5.50. The van der Waals surface area contributed by atoms with Gasteiger partial charge in [0.05, 0.1) is 11.5 Å². The van der Waals surface area contributed by atoms with Crippen LogP contribution in [0.25, 0.3) is 11.0 Å². The van der Waals surface area contributed by atoms with Crippen molar-refractivity contribution in [3.05, 3.63) is 54.5 Å². The Kier molecular flexibility index (Phi) is 5.74. The molecule has 2 heterocycles. The Bertz CT molecular complexity index is 1120. The number of rotatable bonds is 7. The van der Waals surface area contributed by atoms with Crippen LogP contribution in [-0.2, 0) is 14.5 Å². The van der Waals surface area contributed by atoms with Gasteiger partial charge in [-0.05, 0) is 31.4 Å². The number of aromatic nitrogens is 3. The fraction of sp³-hybridized carbons (Fsp3) is 0.400. The molecule has 2 aromatic heterocycles. The summed E-state index contributed by atoms with van der Waals surface area (Å²) in [5.74, 6) is 0.721. The van der Waals surface area contributed by atoms with Gasteiger partial charge in [-0.3, -0.25) is 4.18 Å². The Labute approximate surface area is 175 Å². The average molecular weight is 432 g/mol. The fourth-order valence-electron chi connectivity index (χ4n) is 3.90. The summed E-state index contributed by atoms with van der Waals surface area (Å²) in [6.45, 7) is 2.07. The molecule has 10 heteroatoms. The van der Waals surface area contributed by atoms with Crippen molar-refractivity contribution in [1.82, 2.24) is 19.3 Å². The SMILES string of the molecule is CNS(=O)(=O)O[C@H]1C[C@H](n2ccc3c(N[C@H](C)c4ccccc4)ncnc32)C[C@@H]1O. The maximum atomic E-state index is 11.7. The highest BCUT2D eigenvalue weighted by Gasteiger charge is 2.38. The molecule has 1 saturated carbocycles. The summed E-state index contributed by atoms with van der Waals surface area (Å²) in [6.07, 6.45) is 2.45. The van der Waals surface area contributed by atoms with Crippen LogP contribution in [0.3, 0.4) is 0 Å². The summed E-state index contributed by atoms with van der Waals surface area (Å²) in [4.78, 5) is 8.83. The molecular weight excluding hydrogens is 406 g/mol. The van der Waals surface area contributed by atoms with Crippen LogP contribution in [-0.4, -0.2) is 47.3 Å². The Hall–Kier alpha value is -2.53. The minimum Gasteiger partial charge on any atom is -0.390 e. The van der Waals surface area contributed by atoms with Gasteiger partial charge in [0.15, 0.2) is 0 Å². The van der Waals surface area contributed by atoms with E-state index in [1.54, 1.807) is 0 Å². The predicted molar refractivity (Wildman–Crippen MR) is 113 cm³/mol. The van der Waals surface area contributed by atoms with Crippen LogP contribution >= 0.6 is 0 Å². The van der Waals surface area contributed by atoms with Crippen LogP contribution in [0.5, 0.6) is 0 Å². The zero-order valence-corrected chi connectivity index (χ0v) is 17.6. The maximum absolute atomic E-state index is 11.7. The second-order valence-electron chi connectivity index (χ2n) is 7.44. The summed E-state index contributed by atoms with van der Waals surface area (Å²) in [7, 11) is -2.60. The molecule has 0 saturated heterocycles. The summed E-state index contributed by atoms with van der Waals surface area (Å²) < 4.78 is 32.5. The van der Waals surface area contributed by atoms with Crippen LogP contribution in [0.1, 0.15) is 37.4 Å². The molecule has 3 aromatic rings. The molecule has 1 aromatic carbocycles. The van der Waals surface area contributed by atoms with Crippen molar-refractivity contribution in [2.45, 2.75) is 44.1 Å². The average Bonchev–Trinajstić information content (AvgIpc) is 3.32. The van der Waals surface area contributed by atoms with E-state index in [1.165, 1.54) is 13.4 Å². The van der Waals surface area contributed by atoms with Crippen molar-refractivity contribution in [1.29, 1.82) is 0 Å². The van der Waals surface area contributed by atoms with Crippen molar-refractivity contribution >= 4 is 27.2 Å². The van der Waals surface area contributed by atoms with Gasteiger partial charge >= 0.3 is 10.3 Å². The highest BCUT2D eigenvalue weighted by Crippen LogP contribution is 2.36. The molecular formula is C20H25N5O4S. The largest absolute Gasteiger partial charge is 0.390 e. The van der Waals surface area contributed by atoms with E-state index in [9.17, 15) is 13.5 Å². The lowest BCUT2D eigenvalue weighted by atomic mass is 10.1. The smallest absolute Gasteiger partial charge is 0.335 e. The lowest BCUT2D eigenvalue weighted by molar-refractivity contribution is 0.0635. The number of anilines is 1. The van der Waals surface area contributed by atoms with Crippen molar-refractivity contribution in [2.24, 2.45) is 0 Å². The van der Waals surface area contributed by atoms with E-state index < -0.39 is 22.5 Å². The molecule has 1 aliphatic carbocycles. The number of fused-ring (bicyclic) bond motifs is 1. The van der Waals surface area contributed by atoms with Crippen LogP contribution in [0, 0.1) is 0 Å². The number of aliphatic hydroxyl groups is 1. The van der Waals surface area contributed by atoms with Gasteiger partial charge in [-0.2, -0.15) is 13.1 Å². The second-order valence-corrected chi connectivity index (χ2v) is 8.95. The Morgan fingerprint density at radius 3 is 2.70 bits per heavy atom. The zero-order valence-electron chi connectivity index (χ0n) is 16.8. The van der Waals surface area contributed by atoms with Crippen LogP contribution in [0.15, 0.2) is 48.9 Å². The van der Waals surface area contributed by atoms with Crippen LogP contribution in [0.2, 0.25) is 0 Å². The lowest BCUT2D eigenvalue weighted by Gasteiger charge is -2.16. The molecule has 0 amide bonds. The summed E-state index contributed by atoms with van der Waals surface area (Å²) >= 11 is 0. The van der Waals surface area contributed by atoms with Gasteiger partial charge in [-0.15, -0.1) is 0 Å². The zero-order chi connectivity index (χ0) is 21.3. The minimum atomic E-state index is -3.87. The van der Waals surface area contributed by atoms with Crippen molar-refractivity contribution in [3.63, 3.8) is 0 Å². The number of benzene rings is 1. The number of aliphatic hydroxyl groups excluding tert-OH is 1. The first-order chi connectivity index (χ1) is 14.4. The maximum Gasteiger partial charge on any atom is 0.335 e. The molecule has 0 unspecified atom stereocenters. The normalized spacial score (nSPS) is 23.0. The highest BCUT2D eigenvalue weighted by atomic mass is 32.2. The van der Waals surface area contributed by atoms with Crippen molar-refractivity contribution < 1.29 is 17.7 Å². The first-order valence-corrected chi connectivity index (χ1v) is 11.2. The van der Waals surface area contributed by atoms with Gasteiger partial charge in [0.25, 0.3) is 0 Å². The first kappa shape index (κ1) is 20.7. The van der Waals surface area contributed by atoms with E-state index in [4.69, 9.17) is 4.18 Å². The van der Waals surface area contributed by atoms with E-state index >= 15 is 0 Å². The number of nitrogens with one attached hydrogen (secondary N) is 2. The predicted octanol–water partition coefficient (Wildman–Crippen LogP) is 2.15. The quantitative estimate of drug-likeness (QED) is 0.524. The van der Waals surface area contributed by atoms with Gasteiger partial charge < -0.3 is 15.0 Å². The standard InChI is InChI=1S/C20H25N5O4S/c1-13(14-6-4-3-5-7-14)24-19-16-8-9-25(20(16)23-12-22-19)15-10-17(26)18(11-15)29-30(27,28)21-2/h3-9,12-13,15,17-18,21,26H,10-11H2,1-2H3,(H,22,23,24)/t13-,15-,17+,18+/m1/s1. The molecule has 0 radical (unpaired) electrons. The molecule has 4 atom stereocenters. The van der Waals surface area contributed by atoms with Crippen LogP contribution < -0.4 is 10.0 Å². The van der Waals surface area contributed by atoms with Crippen molar-refractivity contribution in [3.8, 4) is 0 Å². The Morgan fingerprint density at radius 1 is 1.20 bits per heavy atom. The summed E-state index contributed by atoms with van der Waals surface area (Å²) in [6, 6.07) is 11.9. The number of hydrogen-bond donors (Lipinski definition) is 3. The third-order valence-corrected chi connectivity index (χ3v) is 6.50. The molecule has 4 rings (SSSR count). The molecule has 3 N–H and O–H groups in total. The number of nitrogens with zero attached hydrogens (tertiary/aromatic N) is 3. The Morgan fingerprint density at radius 2 is 1.97 bits per heavy atom. The van der Waals surface area contributed by atoms with E-state index in [-0.39, 0.29) is 12.1 Å². The van der Waals surface area contributed by atoms with E-state index in [2.05, 4.69) is 39.1 Å². The van der Waals surface area contributed by atoms with Gasteiger partial charge in [0, 0.05) is 25.3 Å². The van der Waals surface area contributed by atoms with E-state index in [0.29, 0.717) is 12.8 Å². The van der Waals surface area contributed by atoms with Crippen LogP contribution in [0.4, 0.5) is 5.82 Å². The molecule has 1 fully saturated rings. The monoisotopic (exact) mass is 431 g/mol. The fourth-order valence-corrected chi connectivity index (χ4v) is 4.53.